The van der Waals surface area contributed by atoms with Gasteiger partial charge in [0.15, 0.2) is 11.5 Å². The van der Waals surface area contributed by atoms with E-state index in [-0.39, 0.29) is 0 Å². The smallest absolute Gasteiger partial charge is 0.162 e. The van der Waals surface area contributed by atoms with Gasteiger partial charge in [0.25, 0.3) is 0 Å². The summed E-state index contributed by atoms with van der Waals surface area (Å²) in [7, 11) is 0. The zero-order valence-corrected chi connectivity index (χ0v) is 18.8. The maximum Gasteiger partial charge on any atom is 0.162 e. The first-order chi connectivity index (χ1) is 13.4. The maximum atomic E-state index is 6.11. The van der Waals surface area contributed by atoms with Gasteiger partial charge in [-0.25, -0.2) is 9.97 Å². The van der Waals surface area contributed by atoms with Crippen LogP contribution in [0.25, 0.3) is 0 Å². The van der Waals surface area contributed by atoms with Crippen LogP contribution in [0.4, 0.5) is 0 Å². The highest BCUT2D eigenvalue weighted by Crippen LogP contribution is 2.31. The van der Waals surface area contributed by atoms with Gasteiger partial charge in [-0.05, 0) is 49.8 Å². The van der Waals surface area contributed by atoms with E-state index >= 15 is 0 Å². The van der Waals surface area contributed by atoms with Gasteiger partial charge in [0.05, 0.1) is 21.4 Å². The Morgan fingerprint density at radius 2 is 1.43 bits per heavy atom. The first-order valence-electron chi connectivity index (χ1n) is 9.61. The van der Waals surface area contributed by atoms with Gasteiger partial charge in [-0.3, -0.25) is 0 Å². The number of aryl methyl sites for hydroxylation is 2. The second-order valence-electron chi connectivity index (χ2n) is 7.50. The third-order valence-electron chi connectivity index (χ3n) is 4.79. The van der Waals surface area contributed by atoms with E-state index < -0.39 is 0 Å². The second-order valence-corrected chi connectivity index (χ2v) is 9.62. The summed E-state index contributed by atoms with van der Waals surface area (Å²) in [6.07, 6.45) is 1.02. The maximum absolute atomic E-state index is 6.11. The zero-order valence-electron chi connectivity index (χ0n) is 17.2. The molecule has 28 heavy (non-hydrogen) atoms. The third-order valence-corrected chi connectivity index (χ3v) is 6.43. The average molecular weight is 417 g/mol. The molecule has 0 saturated heterocycles. The van der Waals surface area contributed by atoms with Gasteiger partial charge in [-0.15, -0.1) is 22.7 Å². The van der Waals surface area contributed by atoms with E-state index in [1.165, 1.54) is 5.56 Å². The fraction of sp³-hybridized carbons (Fsp3) is 0.455. The number of rotatable bonds is 9. The largest absolute Gasteiger partial charge is 0.483 e. The lowest BCUT2D eigenvalue weighted by molar-refractivity contribution is 0.252. The number of aromatic nitrogens is 2. The molecular formula is C22H28N2O2S2. The van der Waals surface area contributed by atoms with Gasteiger partial charge < -0.3 is 9.47 Å². The van der Waals surface area contributed by atoms with Crippen molar-refractivity contribution in [2.75, 3.05) is 0 Å². The standard InChI is InChI=1S/C22H28N2O2S2/c1-14(2)15(3)8-18-6-7-21(25-10-19-12-27-16(4)23-19)22(9-18)26-11-20-13-28-17(5)24-20/h6-7,9,12-15H,8,10-11H2,1-5H3/t15-/m0/s1. The Bertz CT molecular complexity index is 902. The molecule has 2 heterocycles. The Morgan fingerprint density at radius 3 is 1.93 bits per heavy atom. The van der Waals surface area contributed by atoms with Crippen molar-refractivity contribution >= 4 is 22.7 Å². The fourth-order valence-electron chi connectivity index (χ4n) is 2.77. The summed E-state index contributed by atoms with van der Waals surface area (Å²) in [5.74, 6) is 2.77. The molecule has 1 aromatic carbocycles. The molecule has 0 fully saturated rings. The quantitative estimate of drug-likeness (QED) is 0.416. The van der Waals surface area contributed by atoms with Crippen LogP contribution in [0.3, 0.4) is 0 Å². The van der Waals surface area contributed by atoms with Crippen molar-refractivity contribution in [3.05, 3.63) is 55.9 Å². The molecule has 0 N–H and O–H groups in total. The summed E-state index contributed by atoms with van der Waals surface area (Å²) in [5, 5.41) is 6.17. The van der Waals surface area contributed by atoms with Crippen LogP contribution in [0.2, 0.25) is 0 Å². The molecule has 2 aromatic heterocycles. The van der Waals surface area contributed by atoms with Gasteiger partial charge in [-0.2, -0.15) is 0 Å². The molecule has 0 amide bonds. The van der Waals surface area contributed by atoms with Crippen LogP contribution < -0.4 is 9.47 Å². The monoisotopic (exact) mass is 416 g/mol. The van der Waals surface area contributed by atoms with Gasteiger partial charge in [0, 0.05) is 10.8 Å². The predicted octanol–water partition coefficient (Wildman–Crippen LogP) is 6.21. The molecule has 0 aliphatic heterocycles. The second kappa shape index (κ2) is 9.52. The van der Waals surface area contributed by atoms with Crippen LogP contribution in [0.1, 0.15) is 47.7 Å². The highest BCUT2D eigenvalue weighted by atomic mass is 32.1. The Kier molecular flexibility index (Phi) is 7.08. The number of ether oxygens (including phenoxy) is 2. The number of hydrogen-bond donors (Lipinski definition) is 0. The normalized spacial score (nSPS) is 12.4. The zero-order chi connectivity index (χ0) is 20.1. The summed E-state index contributed by atoms with van der Waals surface area (Å²) < 4.78 is 12.2. The molecule has 3 aromatic rings. The lowest BCUT2D eigenvalue weighted by Gasteiger charge is -2.17. The van der Waals surface area contributed by atoms with Crippen LogP contribution in [0.5, 0.6) is 11.5 Å². The van der Waals surface area contributed by atoms with Crippen LogP contribution in [0.15, 0.2) is 29.0 Å². The summed E-state index contributed by atoms with van der Waals surface area (Å²) in [5.41, 5.74) is 3.16. The Balaban J connectivity index is 1.75. The van der Waals surface area contributed by atoms with Gasteiger partial charge in [0.1, 0.15) is 13.2 Å². The van der Waals surface area contributed by atoms with Crippen molar-refractivity contribution in [2.24, 2.45) is 11.8 Å². The molecule has 3 rings (SSSR count). The molecule has 4 nitrogen and oxygen atoms in total. The number of benzene rings is 1. The SMILES string of the molecule is Cc1nc(COc2ccc(C[C@H](C)C(C)C)cc2OCc2csc(C)n2)cs1. The van der Waals surface area contributed by atoms with Crippen LogP contribution in [0, 0.1) is 25.7 Å². The topological polar surface area (TPSA) is 44.2 Å². The Hall–Kier alpha value is -1.92. The summed E-state index contributed by atoms with van der Waals surface area (Å²) in [4.78, 5) is 8.96. The van der Waals surface area contributed by atoms with E-state index in [0.717, 1.165) is 39.3 Å². The summed E-state index contributed by atoms with van der Waals surface area (Å²) in [6.45, 7) is 11.7. The van der Waals surface area contributed by atoms with Crippen molar-refractivity contribution in [1.29, 1.82) is 0 Å². The number of thiazole rings is 2. The summed E-state index contributed by atoms with van der Waals surface area (Å²) >= 11 is 3.27. The number of nitrogens with zero attached hydrogens (tertiary/aromatic N) is 2. The minimum Gasteiger partial charge on any atom is -0.483 e. The van der Waals surface area contributed by atoms with E-state index in [1.807, 2.05) is 30.7 Å². The Morgan fingerprint density at radius 1 is 0.857 bits per heavy atom. The fourth-order valence-corrected chi connectivity index (χ4v) is 3.97. The molecular weight excluding hydrogens is 388 g/mol. The molecule has 0 bridgehead atoms. The first-order valence-corrected chi connectivity index (χ1v) is 11.4. The predicted molar refractivity (Wildman–Crippen MR) is 117 cm³/mol. The first kappa shape index (κ1) is 20.8. The molecule has 0 spiro atoms. The molecule has 0 aliphatic rings. The van der Waals surface area contributed by atoms with Crippen molar-refractivity contribution < 1.29 is 9.47 Å². The van der Waals surface area contributed by atoms with E-state index in [4.69, 9.17) is 9.47 Å². The molecule has 6 heteroatoms. The van der Waals surface area contributed by atoms with Crippen LogP contribution in [-0.4, -0.2) is 9.97 Å². The third kappa shape index (κ3) is 5.79. The molecule has 150 valence electrons. The highest BCUT2D eigenvalue weighted by Gasteiger charge is 2.13. The van der Waals surface area contributed by atoms with Crippen molar-refractivity contribution in [2.45, 2.75) is 54.3 Å². The summed E-state index contributed by atoms with van der Waals surface area (Å²) in [6, 6.07) is 6.27. The van der Waals surface area contributed by atoms with E-state index in [2.05, 4.69) is 42.9 Å². The van der Waals surface area contributed by atoms with Crippen molar-refractivity contribution in [3.63, 3.8) is 0 Å². The number of hydrogen-bond acceptors (Lipinski definition) is 6. The molecule has 0 saturated carbocycles. The minimum absolute atomic E-state index is 0.443. The molecule has 0 unspecified atom stereocenters. The van der Waals surface area contributed by atoms with E-state index in [1.54, 1.807) is 22.7 Å². The minimum atomic E-state index is 0.443. The Labute approximate surface area is 175 Å². The highest BCUT2D eigenvalue weighted by molar-refractivity contribution is 7.09. The lowest BCUT2D eigenvalue weighted by Crippen LogP contribution is -2.08. The van der Waals surface area contributed by atoms with E-state index in [0.29, 0.717) is 25.0 Å². The van der Waals surface area contributed by atoms with Gasteiger partial charge >= 0.3 is 0 Å². The van der Waals surface area contributed by atoms with Crippen LogP contribution >= 0.6 is 22.7 Å². The molecule has 0 aliphatic carbocycles. The van der Waals surface area contributed by atoms with Crippen molar-refractivity contribution in [3.8, 4) is 11.5 Å². The van der Waals surface area contributed by atoms with Gasteiger partial charge in [0.2, 0.25) is 0 Å². The van der Waals surface area contributed by atoms with Gasteiger partial charge in [-0.1, -0.05) is 26.8 Å². The molecule has 1 atom stereocenters. The lowest BCUT2D eigenvalue weighted by atomic mass is 9.91. The van der Waals surface area contributed by atoms with E-state index in [9.17, 15) is 0 Å². The van der Waals surface area contributed by atoms with Crippen LogP contribution in [-0.2, 0) is 19.6 Å². The molecule has 0 radical (unpaired) electrons. The average Bonchev–Trinajstić information content (AvgIpc) is 3.26. The van der Waals surface area contributed by atoms with Crippen molar-refractivity contribution in [1.82, 2.24) is 9.97 Å².